The van der Waals surface area contributed by atoms with Gasteiger partial charge in [-0.05, 0) is 0 Å². The zero-order chi connectivity index (χ0) is 0. The molecule has 0 rings (SSSR count). The first-order valence-corrected chi connectivity index (χ1v) is 0. The van der Waals surface area contributed by atoms with Crippen molar-refractivity contribution in [1.29, 1.82) is 0 Å². The van der Waals surface area contributed by atoms with Gasteiger partial charge in [-0.3, -0.25) is 0 Å². The van der Waals surface area contributed by atoms with Crippen molar-refractivity contribution in [2.24, 2.45) is 0 Å². The van der Waals surface area contributed by atoms with E-state index in [1.165, 1.54) is 0 Å². The third kappa shape index (κ3) is 8.82. The summed E-state index contributed by atoms with van der Waals surface area (Å²) in [5.41, 5.74) is 0. The molecule has 0 atom stereocenters. The van der Waals surface area contributed by atoms with Gasteiger partial charge in [-0.15, -0.1) is 0 Å². The van der Waals surface area contributed by atoms with Crippen LogP contribution in [-0.2, 0) is 82.3 Å². The molecule has 0 aromatic rings. The van der Waals surface area contributed by atoms with E-state index in [9.17, 15) is 0 Å². The molecule has 4 heavy (non-hydrogen) atoms. The Hall–Kier alpha value is 2.68. The molecule has 0 aromatic carbocycles. The standard InChI is InChI=1S/Mo.3Pd. The fourth-order valence-electron chi connectivity index (χ4n) is 0. The second-order valence-corrected chi connectivity index (χ2v) is 0. The van der Waals surface area contributed by atoms with E-state index in [2.05, 4.69) is 0 Å². The molecule has 0 amide bonds. The Morgan fingerprint density at radius 3 is 0.500 bits per heavy atom. The van der Waals surface area contributed by atoms with Crippen molar-refractivity contribution in [2.45, 2.75) is 0 Å². The molecule has 0 nitrogen and oxygen atoms in total. The predicted molar refractivity (Wildman–Crippen MR) is 0 cm³/mol. The normalized spacial score (nSPS) is 0. The van der Waals surface area contributed by atoms with Crippen LogP contribution in [0.2, 0.25) is 0 Å². The second kappa shape index (κ2) is 17.3. The molecule has 0 saturated heterocycles. The van der Waals surface area contributed by atoms with Crippen LogP contribution in [0.25, 0.3) is 0 Å². The summed E-state index contributed by atoms with van der Waals surface area (Å²) >= 11 is 0. The van der Waals surface area contributed by atoms with E-state index in [4.69, 9.17) is 0 Å². The molecule has 0 N–H and O–H groups in total. The fourth-order valence-corrected chi connectivity index (χ4v) is 0. The van der Waals surface area contributed by atoms with Crippen molar-refractivity contribution >= 4 is 0 Å². The van der Waals surface area contributed by atoms with Gasteiger partial charge in [0.05, 0.1) is 0 Å². The van der Waals surface area contributed by atoms with E-state index < -0.39 is 0 Å². The third-order valence-electron chi connectivity index (χ3n) is 0. The maximum atomic E-state index is 0. The van der Waals surface area contributed by atoms with E-state index in [-0.39, 0.29) is 82.3 Å². The zero-order valence-corrected chi connectivity index (χ0v) is 8.03. The topological polar surface area (TPSA) is 0 Å². The van der Waals surface area contributed by atoms with E-state index in [1.807, 2.05) is 0 Å². The molecule has 0 saturated carbocycles. The molecule has 0 aromatic heterocycles. The van der Waals surface area contributed by atoms with Gasteiger partial charge in [-0.1, -0.05) is 0 Å². The van der Waals surface area contributed by atoms with Gasteiger partial charge in [0, 0.05) is 82.3 Å². The van der Waals surface area contributed by atoms with Crippen molar-refractivity contribution in [3.05, 3.63) is 0 Å². The van der Waals surface area contributed by atoms with Crippen molar-refractivity contribution < 1.29 is 82.3 Å². The SMILES string of the molecule is [Mo].[Pd].[Pd].[Pd]. The van der Waals surface area contributed by atoms with Crippen molar-refractivity contribution in [3.8, 4) is 0 Å². The van der Waals surface area contributed by atoms with Gasteiger partial charge in [-0.25, -0.2) is 0 Å². The average Bonchev–Trinajstić information content (AvgIpc) is 0. The van der Waals surface area contributed by atoms with Gasteiger partial charge in [0.15, 0.2) is 0 Å². The van der Waals surface area contributed by atoms with Crippen molar-refractivity contribution in [1.82, 2.24) is 0 Å². The van der Waals surface area contributed by atoms with Crippen LogP contribution in [0.3, 0.4) is 0 Å². The average molecular weight is 415 g/mol. The molecule has 4 heteroatoms. The van der Waals surface area contributed by atoms with Crippen LogP contribution in [0.1, 0.15) is 0 Å². The molecule has 0 aliphatic heterocycles. The maximum absolute atomic E-state index is 0. The van der Waals surface area contributed by atoms with E-state index in [0.29, 0.717) is 0 Å². The third-order valence-corrected chi connectivity index (χ3v) is 0. The minimum atomic E-state index is 0. The molecular weight excluding hydrogens is 415 g/mol. The van der Waals surface area contributed by atoms with Crippen LogP contribution in [0, 0.1) is 0 Å². The van der Waals surface area contributed by atoms with E-state index in [1.54, 1.807) is 0 Å². The van der Waals surface area contributed by atoms with Gasteiger partial charge in [0.2, 0.25) is 0 Å². The first kappa shape index (κ1) is 30.0. The summed E-state index contributed by atoms with van der Waals surface area (Å²) in [6.07, 6.45) is 0. The molecule has 36 valence electrons. The Kier molecular flexibility index (Phi) is 130. The summed E-state index contributed by atoms with van der Waals surface area (Å²) < 4.78 is 0. The van der Waals surface area contributed by atoms with Crippen LogP contribution >= 0.6 is 0 Å². The first-order chi connectivity index (χ1) is 0. The molecule has 0 heterocycles. The van der Waals surface area contributed by atoms with Gasteiger partial charge in [0.1, 0.15) is 0 Å². The van der Waals surface area contributed by atoms with Crippen LogP contribution in [0.15, 0.2) is 0 Å². The Morgan fingerprint density at radius 2 is 0.500 bits per heavy atom. The summed E-state index contributed by atoms with van der Waals surface area (Å²) in [6.45, 7) is 0. The molecule has 0 fully saturated rings. The second-order valence-electron chi connectivity index (χ2n) is 0. The van der Waals surface area contributed by atoms with Crippen LogP contribution < -0.4 is 0 Å². The first-order valence-electron chi connectivity index (χ1n) is 0. The summed E-state index contributed by atoms with van der Waals surface area (Å²) in [6, 6.07) is 0. The van der Waals surface area contributed by atoms with E-state index >= 15 is 0 Å². The van der Waals surface area contributed by atoms with Gasteiger partial charge in [0.25, 0.3) is 0 Å². The minimum Gasteiger partial charge on any atom is 0 e. The summed E-state index contributed by atoms with van der Waals surface area (Å²) in [7, 11) is 0. The molecule has 0 bridgehead atoms. The Labute approximate surface area is 81.1 Å². The maximum Gasteiger partial charge on any atom is 0 e. The number of hydrogen-bond donors (Lipinski definition) is 0. The monoisotopic (exact) mass is 416 g/mol. The van der Waals surface area contributed by atoms with Crippen LogP contribution in [0.5, 0.6) is 0 Å². The molecule has 0 radical (unpaired) electrons. The molecule has 0 spiro atoms. The Morgan fingerprint density at radius 1 is 0.500 bits per heavy atom. The van der Waals surface area contributed by atoms with Crippen molar-refractivity contribution in [2.75, 3.05) is 0 Å². The van der Waals surface area contributed by atoms with Gasteiger partial charge >= 0.3 is 0 Å². The summed E-state index contributed by atoms with van der Waals surface area (Å²) in [4.78, 5) is 0. The van der Waals surface area contributed by atoms with Gasteiger partial charge in [-0.2, -0.15) is 0 Å². The Bertz CT molecular complexity index is 3.25. The van der Waals surface area contributed by atoms with Crippen LogP contribution in [-0.4, -0.2) is 0 Å². The summed E-state index contributed by atoms with van der Waals surface area (Å²) in [5, 5.41) is 0. The number of rotatable bonds is 0. The minimum absolute atomic E-state index is 0. The van der Waals surface area contributed by atoms with Crippen molar-refractivity contribution in [3.63, 3.8) is 0 Å². The fraction of sp³-hybridized carbons (Fsp3) is 0. The molecule has 0 aliphatic carbocycles. The molecule has 0 aliphatic rings. The zero-order valence-electron chi connectivity index (χ0n) is 1.36. The molecular formula is MoPd3. The van der Waals surface area contributed by atoms with Gasteiger partial charge < -0.3 is 0 Å². The largest absolute Gasteiger partial charge is 0 e. The number of hydrogen-bond acceptors (Lipinski definition) is 0. The van der Waals surface area contributed by atoms with Crippen LogP contribution in [0.4, 0.5) is 0 Å². The summed E-state index contributed by atoms with van der Waals surface area (Å²) in [5.74, 6) is 0. The van der Waals surface area contributed by atoms with E-state index in [0.717, 1.165) is 0 Å². The Balaban J connectivity index is 0. The predicted octanol–water partition coefficient (Wildman–Crippen LogP) is -0.0100. The molecule has 0 unspecified atom stereocenters. The quantitative estimate of drug-likeness (QED) is 0.489. The smallest absolute Gasteiger partial charge is 0 e.